The minimum absolute atomic E-state index is 0.0706. The molecular weight excluding hydrogens is 306 g/mol. The summed E-state index contributed by atoms with van der Waals surface area (Å²) >= 11 is 0. The fourth-order valence-electron chi connectivity index (χ4n) is 3.57. The van der Waals surface area contributed by atoms with E-state index in [0.29, 0.717) is 24.7 Å². The van der Waals surface area contributed by atoms with Gasteiger partial charge >= 0.3 is 0 Å². The topological polar surface area (TPSA) is 68.5 Å². The summed E-state index contributed by atoms with van der Waals surface area (Å²) in [6.45, 7) is 3.16. The normalized spacial score (nSPS) is 23.0. The van der Waals surface area contributed by atoms with Crippen LogP contribution in [0.1, 0.15) is 43.1 Å². The van der Waals surface area contributed by atoms with E-state index in [1.807, 2.05) is 36.1 Å². The summed E-state index contributed by atoms with van der Waals surface area (Å²) in [5, 5.41) is 4.07. The van der Waals surface area contributed by atoms with Crippen molar-refractivity contribution in [3.05, 3.63) is 41.5 Å². The molecule has 1 amide bonds. The van der Waals surface area contributed by atoms with Crippen molar-refractivity contribution >= 4 is 5.91 Å². The summed E-state index contributed by atoms with van der Waals surface area (Å²) < 4.78 is 11.0. The minimum Gasteiger partial charge on any atom is -0.492 e. The fourth-order valence-corrected chi connectivity index (χ4v) is 3.57. The molecule has 4 rings (SSSR count). The van der Waals surface area contributed by atoms with Gasteiger partial charge in [0.15, 0.2) is 5.82 Å². The number of carbonyl (C=O) groups excluding carboxylic acids is 1. The molecule has 0 aliphatic carbocycles. The number of ether oxygens (including phenoxy) is 1. The number of hydrogen-bond donors (Lipinski definition) is 0. The summed E-state index contributed by atoms with van der Waals surface area (Å²) in [4.78, 5) is 19.4. The average molecular weight is 327 g/mol. The van der Waals surface area contributed by atoms with Crippen molar-refractivity contribution in [1.82, 2.24) is 15.0 Å². The van der Waals surface area contributed by atoms with E-state index in [-0.39, 0.29) is 17.9 Å². The average Bonchev–Trinajstić information content (AvgIpc) is 3.29. The fraction of sp³-hybridized carbons (Fsp3) is 0.500. The van der Waals surface area contributed by atoms with E-state index >= 15 is 0 Å². The van der Waals surface area contributed by atoms with Gasteiger partial charge in [-0.05, 0) is 30.9 Å². The van der Waals surface area contributed by atoms with E-state index in [2.05, 4.69) is 10.1 Å². The molecule has 24 heavy (non-hydrogen) atoms. The molecule has 0 saturated carbocycles. The molecule has 6 heteroatoms. The van der Waals surface area contributed by atoms with Crippen LogP contribution >= 0.6 is 0 Å². The second kappa shape index (κ2) is 6.26. The first-order valence-corrected chi connectivity index (χ1v) is 8.60. The van der Waals surface area contributed by atoms with Crippen LogP contribution in [-0.2, 0) is 17.6 Å². The summed E-state index contributed by atoms with van der Waals surface area (Å²) in [5.41, 5.74) is 1.10. The number of hydrogen-bond acceptors (Lipinski definition) is 5. The van der Waals surface area contributed by atoms with Gasteiger partial charge in [0.1, 0.15) is 12.4 Å². The number of amides is 1. The van der Waals surface area contributed by atoms with Crippen LogP contribution in [0.4, 0.5) is 0 Å². The third-order valence-electron chi connectivity index (χ3n) is 4.85. The Labute approximate surface area is 140 Å². The van der Waals surface area contributed by atoms with Gasteiger partial charge in [-0.15, -0.1) is 0 Å². The first-order valence-electron chi connectivity index (χ1n) is 8.60. The minimum atomic E-state index is -0.141. The Bertz CT molecular complexity index is 743. The predicted molar refractivity (Wildman–Crippen MR) is 86.5 cm³/mol. The van der Waals surface area contributed by atoms with Crippen LogP contribution in [0, 0.1) is 5.92 Å². The molecule has 0 radical (unpaired) electrons. The molecule has 2 atom stereocenters. The number of carbonyl (C=O) groups is 1. The van der Waals surface area contributed by atoms with Crippen LogP contribution in [0.15, 0.2) is 28.8 Å². The quantitative estimate of drug-likeness (QED) is 0.866. The number of para-hydroxylation sites is 1. The van der Waals surface area contributed by atoms with Crippen molar-refractivity contribution in [2.24, 2.45) is 5.92 Å². The number of aryl methyl sites for hydroxylation is 1. The van der Waals surface area contributed by atoms with Crippen molar-refractivity contribution < 1.29 is 14.1 Å². The molecule has 1 aromatic heterocycles. The number of fused-ring (bicyclic) bond motifs is 1. The number of benzene rings is 1. The van der Waals surface area contributed by atoms with Gasteiger partial charge in [-0.2, -0.15) is 4.98 Å². The van der Waals surface area contributed by atoms with E-state index in [1.54, 1.807) is 0 Å². The Morgan fingerprint density at radius 1 is 1.38 bits per heavy atom. The first-order chi connectivity index (χ1) is 11.8. The van der Waals surface area contributed by atoms with E-state index in [1.165, 1.54) is 0 Å². The smallest absolute Gasteiger partial charge is 0.230 e. The number of rotatable bonds is 3. The van der Waals surface area contributed by atoms with Gasteiger partial charge in [0.05, 0.1) is 12.0 Å². The SMILES string of the molecule is CCc1nc([C@@H]2CCCN2C(=O)[C@@H]2COc3ccccc3C2)no1. The number of nitrogens with zero attached hydrogens (tertiary/aromatic N) is 3. The molecule has 1 saturated heterocycles. The highest BCUT2D eigenvalue weighted by atomic mass is 16.5. The number of aromatic nitrogens is 2. The van der Waals surface area contributed by atoms with Crippen LogP contribution in [0.5, 0.6) is 5.75 Å². The summed E-state index contributed by atoms with van der Waals surface area (Å²) in [7, 11) is 0. The molecule has 2 aromatic rings. The molecule has 1 aromatic carbocycles. The molecular formula is C18H21N3O3. The zero-order valence-corrected chi connectivity index (χ0v) is 13.8. The van der Waals surface area contributed by atoms with Crippen molar-refractivity contribution in [3.63, 3.8) is 0 Å². The maximum Gasteiger partial charge on any atom is 0.230 e. The van der Waals surface area contributed by atoms with Gasteiger partial charge in [-0.3, -0.25) is 4.79 Å². The second-order valence-electron chi connectivity index (χ2n) is 6.41. The van der Waals surface area contributed by atoms with Crippen LogP contribution in [0.3, 0.4) is 0 Å². The van der Waals surface area contributed by atoms with Gasteiger partial charge in [0, 0.05) is 13.0 Å². The van der Waals surface area contributed by atoms with E-state index in [0.717, 1.165) is 37.1 Å². The maximum atomic E-state index is 13.0. The lowest BCUT2D eigenvalue weighted by Crippen LogP contribution is -2.40. The largest absolute Gasteiger partial charge is 0.492 e. The van der Waals surface area contributed by atoms with Crippen molar-refractivity contribution in [3.8, 4) is 5.75 Å². The summed E-state index contributed by atoms with van der Waals surface area (Å²) in [5.74, 6) is 2.15. The van der Waals surface area contributed by atoms with Gasteiger partial charge in [0.25, 0.3) is 0 Å². The van der Waals surface area contributed by atoms with Crippen molar-refractivity contribution in [2.45, 2.75) is 38.6 Å². The van der Waals surface area contributed by atoms with Crippen molar-refractivity contribution in [1.29, 1.82) is 0 Å². The molecule has 1 fully saturated rings. The van der Waals surface area contributed by atoms with Gasteiger partial charge in [-0.25, -0.2) is 0 Å². The van der Waals surface area contributed by atoms with Crippen LogP contribution in [0.2, 0.25) is 0 Å². The third-order valence-corrected chi connectivity index (χ3v) is 4.85. The molecule has 0 unspecified atom stereocenters. The second-order valence-corrected chi connectivity index (χ2v) is 6.41. The molecule has 2 aliphatic heterocycles. The van der Waals surface area contributed by atoms with Gasteiger partial charge in [0.2, 0.25) is 11.8 Å². The Hall–Kier alpha value is -2.37. The lowest BCUT2D eigenvalue weighted by Gasteiger charge is -2.30. The van der Waals surface area contributed by atoms with Crippen LogP contribution in [-0.4, -0.2) is 34.1 Å². The Kier molecular flexibility index (Phi) is 3.96. The van der Waals surface area contributed by atoms with Crippen LogP contribution < -0.4 is 4.74 Å². The monoisotopic (exact) mass is 327 g/mol. The van der Waals surface area contributed by atoms with Gasteiger partial charge in [-0.1, -0.05) is 30.3 Å². The molecule has 0 N–H and O–H groups in total. The highest BCUT2D eigenvalue weighted by Gasteiger charge is 2.38. The Morgan fingerprint density at radius 2 is 2.25 bits per heavy atom. The predicted octanol–water partition coefficient (Wildman–Crippen LogP) is 2.55. The highest BCUT2D eigenvalue weighted by molar-refractivity contribution is 5.80. The molecule has 2 aliphatic rings. The molecule has 126 valence electrons. The Morgan fingerprint density at radius 3 is 3.08 bits per heavy atom. The molecule has 3 heterocycles. The maximum absolute atomic E-state index is 13.0. The zero-order valence-electron chi connectivity index (χ0n) is 13.8. The number of likely N-dealkylation sites (tertiary alicyclic amines) is 1. The molecule has 0 bridgehead atoms. The highest BCUT2D eigenvalue weighted by Crippen LogP contribution is 2.34. The lowest BCUT2D eigenvalue weighted by atomic mass is 9.95. The molecule has 0 spiro atoms. The standard InChI is InChI=1S/C18H21N3O3/c1-2-16-19-17(20-24-16)14-7-5-9-21(14)18(22)13-10-12-6-3-4-8-15(12)23-11-13/h3-4,6,8,13-14H,2,5,7,9-11H2,1H3/t13-,14-/m0/s1. The third kappa shape index (κ3) is 2.66. The first kappa shape index (κ1) is 15.2. The summed E-state index contributed by atoms with van der Waals surface area (Å²) in [6, 6.07) is 7.86. The Balaban J connectivity index is 1.51. The van der Waals surface area contributed by atoms with Crippen LogP contribution in [0.25, 0.3) is 0 Å². The zero-order chi connectivity index (χ0) is 16.5. The van der Waals surface area contributed by atoms with Gasteiger partial charge < -0.3 is 14.2 Å². The van der Waals surface area contributed by atoms with E-state index in [4.69, 9.17) is 9.26 Å². The van der Waals surface area contributed by atoms with E-state index in [9.17, 15) is 4.79 Å². The lowest BCUT2D eigenvalue weighted by molar-refractivity contribution is -0.138. The van der Waals surface area contributed by atoms with Crippen molar-refractivity contribution in [2.75, 3.05) is 13.2 Å². The molecule has 6 nitrogen and oxygen atoms in total. The summed E-state index contributed by atoms with van der Waals surface area (Å²) in [6.07, 6.45) is 3.29. The van der Waals surface area contributed by atoms with E-state index < -0.39 is 0 Å².